The van der Waals surface area contributed by atoms with E-state index in [1.807, 2.05) is 42.6 Å². The number of amides is 1. The predicted molar refractivity (Wildman–Crippen MR) is 99.9 cm³/mol. The lowest BCUT2D eigenvalue weighted by molar-refractivity contribution is -0.120. The molecule has 1 atom stereocenters. The van der Waals surface area contributed by atoms with Crippen molar-refractivity contribution in [1.29, 1.82) is 0 Å². The van der Waals surface area contributed by atoms with Gasteiger partial charge in [0.1, 0.15) is 0 Å². The third-order valence-corrected chi connectivity index (χ3v) is 4.65. The molecule has 0 aliphatic carbocycles. The molecule has 1 saturated heterocycles. The maximum Gasteiger partial charge on any atom is 0.241 e. The van der Waals surface area contributed by atoms with Gasteiger partial charge >= 0.3 is 0 Å². The summed E-state index contributed by atoms with van der Waals surface area (Å²) in [5, 5.41) is 7.15. The fraction of sp³-hybridized carbons (Fsp3) is 0.250. The molecule has 4 rings (SSSR count). The van der Waals surface area contributed by atoms with Gasteiger partial charge in [0, 0.05) is 18.9 Å². The fourth-order valence-electron chi connectivity index (χ4n) is 3.36. The minimum atomic E-state index is -0.0963. The quantitative estimate of drug-likeness (QED) is 0.771. The van der Waals surface area contributed by atoms with Gasteiger partial charge in [-0.2, -0.15) is 5.10 Å². The molecule has 6 heteroatoms. The van der Waals surface area contributed by atoms with Crippen molar-refractivity contribution in [3.05, 3.63) is 72.7 Å². The highest BCUT2D eigenvalue weighted by molar-refractivity contribution is 5.94. The van der Waals surface area contributed by atoms with Crippen molar-refractivity contribution in [1.82, 2.24) is 19.7 Å². The first-order chi connectivity index (χ1) is 12.8. The largest absolute Gasteiger partial charge is 0.323 e. The lowest BCUT2D eigenvalue weighted by Gasteiger charge is -2.23. The summed E-state index contributed by atoms with van der Waals surface area (Å²) < 4.78 is 1.68. The Morgan fingerprint density at radius 1 is 1.15 bits per heavy atom. The van der Waals surface area contributed by atoms with E-state index in [0.29, 0.717) is 5.69 Å². The highest BCUT2D eigenvalue weighted by Gasteiger charge is 2.30. The SMILES string of the molecule is O=C(Nc1ccc(-n2cccn2)nc1)C1CCCN1Cc1ccccc1. The van der Waals surface area contributed by atoms with E-state index in [2.05, 4.69) is 32.4 Å². The molecule has 1 aromatic carbocycles. The van der Waals surface area contributed by atoms with Crippen LogP contribution < -0.4 is 5.32 Å². The van der Waals surface area contributed by atoms with Gasteiger partial charge in [-0.05, 0) is 43.1 Å². The number of nitrogens with zero attached hydrogens (tertiary/aromatic N) is 4. The summed E-state index contributed by atoms with van der Waals surface area (Å²) in [6.45, 7) is 1.75. The van der Waals surface area contributed by atoms with Crippen LogP contribution in [-0.2, 0) is 11.3 Å². The molecule has 0 radical (unpaired) electrons. The van der Waals surface area contributed by atoms with Crippen molar-refractivity contribution in [2.24, 2.45) is 0 Å². The molecule has 2 aromatic heterocycles. The molecular weight excluding hydrogens is 326 g/mol. The van der Waals surface area contributed by atoms with Crippen LogP contribution in [0, 0.1) is 0 Å². The van der Waals surface area contributed by atoms with Crippen molar-refractivity contribution in [3.63, 3.8) is 0 Å². The molecule has 132 valence electrons. The van der Waals surface area contributed by atoms with E-state index >= 15 is 0 Å². The third-order valence-electron chi connectivity index (χ3n) is 4.65. The fourth-order valence-corrected chi connectivity index (χ4v) is 3.36. The second kappa shape index (κ2) is 7.49. The molecule has 0 saturated carbocycles. The molecule has 1 fully saturated rings. The lowest BCUT2D eigenvalue weighted by atomic mass is 10.1. The van der Waals surface area contributed by atoms with Gasteiger partial charge in [0.2, 0.25) is 5.91 Å². The molecule has 1 aliphatic rings. The highest BCUT2D eigenvalue weighted by atomic mass is 16.2. The molecule has 0 bridgehead atoms. The molecule has 3 heterocycles. The third kappa shape index (κ3) is 3.65. The summed E-state index contributed by atoms with van der Waals surface area (Å²) in [7, 11) is 0. The summed E-state index contributed by atoms with van der Waals surface area (Å²) in [6.07, 6.45) is 7.14. The Bertz CT molecular complexity index is 846. The number of carbonyl (C=O) groups excluding carboxylic acids is 1. The van der Waals surface area contributed by atoms with Gasteiger partial charge in [-0.1, -0.05) is 30.3 Å². The Morgan fingerprint density at radius 2 is 2.04 bits per heavy atom. The second-order valence-corrected chi connectivity index (χ2v) is 6.46. The number of nitrogens with one attached hydrogen (secondary N) is 1. The van der Waals surface area contributed by atoms with Crippen LogP contribution in [0.5, 0.6) is 0 Å². The summed E-state index contributed by atoms with van der Waals surface area (Å²) in [5.74, 6) is 0.756. The van der Waals surface area contributed by atoms with E-state index in [4.69, 9.17) is 0 Å². The minimum Gasteiger partial charge on any atom is -0.323 e. The van der Waals surface area contributed by atoms with E-state index in [9.17, 15) is 4.79 Å². The zero-order chi connectivity index (χ0) is 17.8. The van der Waals surface area contributed by atoms with E-state index in [0.717, 1.165) is 31.7 Å². The number of hydrogen-bond acceptors (Lipinski definition) is 4. The Balaban J connectivity index is 1.40. The van der Waals surface area contributed by atoms with E-state index in [1.165, 1.54) is 5.56 Å². The lowest BCUT2D eigenvalue weighted by Crippen LogP contribution is -2.39. The second-order valence-electron chi connectivity index (χ2n) is 6.46. The molecule has 26 heavy (non-hydrogen) atoms. The number of pyridine rings is 1. The van der Waals surface area contributed by atoms with Crippen LogP contribution in [0.3, 0.4) is 0 Å². The number of carbonyl (C=O) groups is 1. The van der Waals surface area contributed by atoms with Crippen LogP contribution in [0.25, 0.3) is 5.82 Å². The monoisotopic (exact) mass is 347 g/mol. The first-order valence-corrected chi connectivity index (χ1v) is 8.84. The molecular formula is C20H21N5O. The topological polar surface area (TPSA) is 63.1 Å². The highest BCUT2D eigenvalue weighted by Crippen LogP contribution is 2.21. The molecule has 1 N–H and O–H groups in total. The van der Waals surface area contributed by atoms with Crippen LogP contribution >= 0.6 is 0 Å². The molecule has 3 aromatic rings. The average Bonchev–Trinajstić information content (AvgIpc) is 3.35. The first kappa shape index (κ1) is 16.5. The summed E-state index contributed by atoms with van der Waals surface area (Å²) in [4.78, 5) is 19.3. The van der Waals surface area contributed by atoms with Gasteiger partial charge in [-0.25, -0.2) is 9.67 Å². The number of aromatic nitrogens is 3. The summed E-state index contributed by atoms with van der Waals surface area (Å²) in [6, 6.07) is 15.7. The number of likely N-dealkylation sites (tertiary alicyclic amines) is 1. The Kier molecular flexibility index (Phi) is 4.75. The Morgan fingerprint density at radius 3 is 2.77 bits per heavy atom. The number of hydrogen-bond donors (Lipinski definition) is 1. The Labute approximate surface area is 152 Å². The van der Waals surface area contributed by atoms with E-state index in [1.54, 1.807) is 17.1 Å². The van der Waals surface area contributed by atoms with Crippen molar-refractivity contribution in [2.75, 3.05) is 11.9 Å². The number of rotatable bonds is 5. The van der Waals surface area contributed by atoms with Crippen LogP contribution in [0.15, 0.2) is 67.1 Å². The standard InChI is InChI=1S/C20H21N5O/c26-20(18-8-4-12-24(18)15-16-6-2-1-3-7-16)23-17-9-10-19(21-14-17)25-13-5-11-22-25/h1-3,5-7,9-11,13-14,18H,4,8,12,15H2,(H,23,26). The molecule has 1 amide bonds. The van der Waals surface area contributed by atoms with Crippen LogP contribution in [0.2, 0.25) is 0 Å². The maximum atomic E-state index is 12.7. The molecule has 6 nitrogen and oxygen atoms in total. The van der Waals surface area contributed by atoms with Crippen LogP contribution in [0.1, 0.15) is 18.4 Å². The zero-order valence-corrected chi connectivity index (χ0v) is 14.5. The van der Waals surface area contributed by atoms with Crippen molar-refractivity contribution in [2.45, 2.75) is 25.4 Å². The molecule has 1 aliphatic heterocycles. The normalized spacial score (nSPS) is 17.3. The smallest absolute Gasteiger partial charge is 0.241 e. The van der Waals surface area contributed by atoms with Gasteiger partial charge in [0.25, 0.3) is 0 Å². The zero-order valence-electron chi connectivity index (χ0n) is 14.5. The number of benzene rings is 1. The number of anilines is 1. The Hall–Kier alpha value is -2.99. The van der Waals surface area contributed by atoms with E-state index in [-0.39, 0.29) is 11.9 Å². The molecule has 0 spiro atoms. The minimum absolute atomic E-state index is 0.0343. The van der Waals surface area contributed by atoms with Crippen LogP contribution in [-0.4, -0.2) is 38.2 Å². The summed E-state index contributed by atoms with van der Waals surface area (Å²) in [5.41, 5.74) is 1.94. The van der Waals surface area contributed by atoms with Gasteiger partial charge in [0.15, 0.2) is 5.82 Å². The maximum absolute atomic E-state index is 12.7. The van der Waals surface area contributed by atoms with Crippen molar-refractivity contribution >= 4 is 11.6 Å². The predicted octanol–water partition coefficient (Wildman–Crippen LogP) is 2.87. The van der Waals surface area contributed by atoms with Crippen LogP contribution in [0.4, 0.5) is 5.69 Å². The van der Waals surface area contributed by atoms with Gasteiger partial charge in [-0.3, -0.25) is 9.69 Å². The summed E-state index contributed by atoms with van der Waals surface area (Å²) >= 11 is 0. The molecule has 1 unspecified atom stereocenters. The van der Waals surface area contributed by atoms with Gasteiger partial charge in [0.05, 0.1) is 17.9 Å². The van der Waals surface area contributed by atoms with E-state index < -0.39 is 0 Å². The van der Waals surface area contributed by atoms with Crippen molar-refractivity contribution < 1.29 is 4.79 Å². The van der Waals surface area contributed by atoms with Gasteiger partial charge in [-0.15, -0.1) is 0 Å². The average molecular weight is 347 g/mol. The first-order valence-electron chi connectivity index (χ1n) is 8.84. The van der Waals surface area contributed by atoms with Gasteiger partial charge < -0.3 is 5.32 Å². The van der Waals surface area contributed by atoms with Crippen molar-refractivity contribution in [3.8, 4) is 5.82 Å².